The second kappa shape index (κ2) is 5.88. The van der Waals surface area contributed by atoms with Crippen LogP contribution in [0.4, 0.5) is 5.82 Å². The van der Waals surface area contributed by atoms with Gasteiger partial charge in [0.05, 0.1) is 6.61 Å². The van der Waals surface area contributed by atoms with E-state index in [-0.39, 0.29) is 12.5 Å². The van der Waals surface area contributed by atoms with Gasteiger partial charge in [-0.25, -0.2) is 9.97 Å². The summed E-state index contributed by atoms with van der Waals surface area (Å²) in [6, 6.07) is 10.5. The number of aliphatic hydroxyl groups excluding tert-OH is 1. The Bertz CT molecular complexity index is 529. The molecule has 1 aromatic heterocycles. The maximum Gasteiger partial charge on any atom is 0.256 e. The number of aromatic nitrogens is 2. The summed E-state index contributed by atoms with van der Waals surface area (Å²) in [4.78, 5) is 20.0. The van der Waals surface area contributed by atoms with Crippen molar-refractivity contribution in [2.75, 3.05) is 11.9 Å². The molecule has 0 bridgehead atoms. The molecule has 1 aromatic carbocycles. The first-order valence-electron chi connectivity index (χ1n) is 5.59. The topological polar surface area (TPSA) is 75.1 Å². The summed E-state index contributed by atoms with van der Waals surface area (Å²) < 4.78 is 0. The molecule has 1 heterocycles. The highest BCUT2D eigenvalue weighted by Crippen LogP contribution is 2.06. The van der Waals surface area contributed by atoms with Crippen LogP contribution in [-0.4, -0.2) is 27.6 Å². The average Bonchev–Trinajstić information content (AvgIpc) is 2.40. The number of nitrogens with one attached hydrogen (secondary N) is 1. The molecular weight excluding hydrogens is 230 g/mol. The molecule has 0 saturated heterocycles. The van der Waals surface area contributed by atoms with Gasteiger partial charge in [-0.2, -0.15) is 0 Å². The smallest absolute Gasteiger partial charge is 0.256 e. The number of nitrogens with zero attached hydrogens (tertiary/aromatic N) is 2. The van der Waals surface area contributed by atoms with Crippen LogP contribution in [0.5, 0.6) is 0 Å². The number of rotatable bonds is 4. The van der Waals surface area contributed by atoms with Gasteiger partial charge in [0.1, 0.15) is 11.6 Å². The number of amides is 1. The summed E-state index contributed by atoms with van der Waals surface area (Å²) in [6.45, 7) is -0.0178. The summed E-state index contributed by atoms with van der Waals surface area (Å²) in [6.07, 6.45) is 1.92. The van der Waals surface area contributed by atoms with Crippen molar-refractivity contribution in [3.05, 3.63) is 54.0 Å². The molecule has 0 fully saturated rings. The first-order chi connectivity index (χ1) is 8.79. The van der Waals surface area contributed by atoms with Crippen LogP contribution in [0.1, 0.15) is 16.2 Å². The summed E-state index contributed by atoms with van der Waals surface area (Å²) in [5.74, 6) is 0.718. The summed E-state index contributed by atoms with van der Waals surface area (Å²) in [5, 5.41) is 11.5. The SMILES string of the molecule is O=C(Nc1ccnc(CCO)n1)c1ccccc1. The van der Waals surface area contributed by atoms with Gasteiger partial charge in [0.2, 0.25) is 0 Å². The number of hydrogen-bond donors (Lipinski definition) is 2. The van der Waals surface area contributed by atoms with Gasteiger partial charge < -0.3 is 10.4 Å². The normalized spacial score (nSPS) is 10.1. The van der Waals surface area contributed by atoms with E-state index in [1.807, 2.05) is 6.07 Å². The first kappa shape index (κ1) is 12.2. The van der Waals surface area contributed by atoms with Gasteiger partial charge in [-0.1, -0.05) is 18.2 Å². The van der Waals surface area contributed by atoms with Gasteiger partial charge in [-0.3, -0.25) is 4.79 Å². The zero-order valence-electron chi connectivity index (χ0n) is 9.71. The molecule has 18 heavy (non-hydrogen) atoms. The molecule has 2 aromatic rings. The number of hydrogen-bond acceptors (Lipinski definition) is 4. The van der Waals surface area contributed by atoms with Crippen molar-refractivity contribution in [1.29, 1.82) is 0 Å². The van der Waals surface area contributed by atoms with Crippen molar-refractivity contribution in [1.82, 2.24) is 9.97 Å². The monoisotopic (exact) mass is 243 g/mol. The highest BCUT2D eigenvalue weighted by Gasteiger charge is 2.06. The molecule has 92 valence electrons. The number of carbonyl (C=O) groups excluding carboxylic acids is 1. The van der Waals surface area contributed by atoms with E-state index < -0.39 is 0 Å². The Morgan fingerprint density at radius 2 is 2.00 bits per heavy atom. The van der Waals surface area contributed by atoms with Gasteiger partial charge in [-0.15, -0.1) is 0 Å². The van der Waals surface area contributed by atoms with Crippen LogP contribution >= 0.6 is 0 Å². The van der Waals surface area contributed by atoms with Crippen LogP contribution in [0, 0.1) is 0 Å². The molecular formula is C13H13N3O2. The largest absolute Gasteiger partial charge is 0.396 e. The lowest BCUT2D eigenvalue weighted by Crippen LogP contribution is -2.13. The Hall–Kier alpha value is -2.27. The van der Waals surface area contributed by atoms with Gasteiger partial charge in [0, 0.05) is 18.2 Å². The Balaban J connectivity index is 2.10. The van der Waals surface area contributed by atoms with Crippen molar-refractivity contribution in [2.45, 2.75) is 6.42 Å². The number of benzene rings is 1. The second-order valence-corrected chi connectivity index (χ2v) is 3.65. The predicted octanol–water partition coefficient (Wildman–Crippen LogP) is 1.26. The fourth-order valence-electron chi connectivity index (χ4n) is 1.47. The van der Waals surface area contributed by atoms with Crippen molar-refractivity contribution < 1.29 is 9.90 Å². The van der Waals surface area contributed by atoms with E-state index in [2.05, 4.69) is 15.3 Å². The van der Waals surface area contributed by atoms with Gasteiger partial charge in [-0.05, 0) is 18.2 Å². The molecule has 0 aliphatic heterocycles. The van der Waals surface area contributed by atoms with Crippen LogP contribution in [0.2, 0.25) is 0 Å². The van der Waals surface area contributed by atoms with Crippen molar-refractivity contribution in [3.8, 4) is 0 Å². The summed E-state index contributed by atoms with van der Waals surface area (Å²) >= 11 is 0. The van der Waals surface area contributed by atoms with E-state index >= 15 is 0 Å². The van der Waals surface area contributed by atoms with E-state index in [1.54, 1.807) is 36.5 Å². The number of anilines is 1. The lowest BCUT2D eigenvalue weighted by Gasteiger charge is -2.05. The van der Waals surface area contributed by atoms with Crippen LogP contribution in [0.15, 0.2) is 42.6 Å². The van der Waals surface area contributed by atoms with E-state index in [0.717, 1.165) is 0 Å². The van der Waals surface area contributed by atoms with Crippen LogP contribution in [0.3, 0.4) is 0 Å². The van der Waals surface area contributed by atoms with E-state index in [0.29, 0.717) is 23.6 Å². The maximum atomic E-state index is 11.9. The molecule has 0 unspecified atom stereocenters. The maximum absolute atomic E-state index is 11.9. The minimum atomic E-state index is -0.218. The van der Waals surface area contributed by atoms with E-state index in [4.69, 9.17) is 5.11 Å². The molecule has 0 spiro atoms. The van der Waals surface area contributed by atoms with Gasteiger partial charge in [0.25, 0.3) is 5.91 Å². The summed E-state index contributed by atoms with van der Waals surface area (Å²) in [7, 11) is 0. The molecule has 0 radical (unpaired) electrons. The molecule has 5 heteroatoms. The Morgan fingerprint density at radius 3 is 2.72 bits per heavy atom. The fourth-order valence-corrected chi connectivity index (χ4v) is 1.47. The molecule has 0 atom stereocenters. The van der Waals surface area contributed by atoms with Crippen molar-refractivity contribution >= 4 is 11.7 Å². The minimum absolute atomic E-state index is 0.0178. The lowest BCUT2D eigenvalue weighted by atomic mass is 10.2. The highest BCUT2D eigenvalue weighted by atomic mass is 16.3. The third-order valence-electron chi connectivity index (χ3n) is 2.32. The van der Waals surface area contributed by atoms with E-state index in [1.165, 1.54) is 0 Å². The molecule has 0 saturated carbocycles. The quantitative estimate of drug-likeness (QED) is 0.847. The second-order valence-electron chi connectivity index (χ2n) is 3.65. The summed E-state index contributed by atoms with van der Waals surface area (Å²) in [5.41, 5.74) is 0.569. The van der Waals surface area contributed by atoms with Gasteiger partial charge >= 0.3 is 0 Å². The van der Waals surface area contributed by atoms with E-state index in [9.17, 15) is 4.79 Å². The molecule has 0 aliphatic rings. The third-order valence-corrected chi connectivity index (χ3v) is 2.32. The lowest BCUT2D eigenvalue weighted by molar-refractivity contribution is 0.102. The zero-order valence-corrected chi connectivity index (χ0v) is 9.71. The Morgan fingerprint density at radius 1 is 1.22 bits per heavy atom. The number of aliphatic hydroxyl groups is 1. The predicted molar refractivity (Wildman–Crippen MR) is 67.2 cm³/mol. The van der Waals surface area contributed by atoms with Crippen LogP contribution in [0.25, 0.3) is 0 Å². The minimum Gasteiger partial charge on any atom is -0.396 e. The zero-order chi connectivity index (χ0) is 12.8. The highest BCUT2D eigenvalue weighted by molar-refractivity contribution is 6.03. The standard InChI is InChI=1S/C13H13N3O2/c17-9-7-11-14-8-6-12(15-11)16-13(18)10-4-2-1-3-5-10/h1-6,8,17H,7,9H2,(H,14,15,16,18). The molecule has 2 rings (SSSR count). The Labute approximate surface area is 105 Å². The van der Waals surface area contributed by atoms with Crippen LogP contribution in [-0.2, 0) is 6.42 Å². The fraction of sp³-hybridized carbons (Fsp3) is 0.154. The average molecular weight is 243 g/mol. The van der Waals surface area contributed by atoms with Crippen molar-refractivity contribution in [2.24, 2.45) is 0 Å². The number of carbonyl (C=O) groups is 1. The Kier molecular flexibility index (Phi) is 3.98. The molecule has 1 amide bonds. The molecule has 5 nitrogen and oxygen atoms in total. The van der Waals surface area contributed by atoms with Crippen LogP contribution < -0.4 is 5.32 Å². The van der Waals surface area contributed by atoms with Gasteiger partial charge in [0.15, 0.2) is 0 Å². The molecule has 2 N–H and O–H groups in total. The molecule has 0 aliphatic carbocycles. The third kappa shape index (κ3) is 3.11. The van der Waals surface area contributed by atoms with Crippen molar-refractivity contribution in [3.63, 3.8) is 0 Å². The first-order valence-corrected chi connectivity index (χ1v) is 5.59.